The minimum Gasteiger partial charge on any atom is -0.341 e. The summed E-state index contributed by atoms with van der Waals surface area (Å²) in [5, 5.41) is 5.61. The van der Waals surface area contributed by atoms with Crippen molar-refractivity contribution in [3.63, 3.8) is 0 Å². The summed E-state index contributed by atoms with van der Waals surface area (Å²) in [6.07, 6.45) is 3.46. The first-order chi connectivity index (χ1) is 6.43. The summed E-state index contributed by atoms with van der Waals surface area (Å²) < 4.78 is 0. The molecule has 1 aliphatic rings. The van der Waals surface area contributed by atoms with Gasteiger partial charge in [-0.25, -0.2) is 4.79 Å². The van der Waals surface area contributed by atoms with Crippen LogP contribution in [0.3, 0.4) is 0 Å². The fourth-order valence-electron chi connectivity index (χ4n) is 2.71. The Bertz CT molecular complexity index is 213. The van der Waals surface area contributed by atoms with Crippen LogP contribution in [0.2, 0.25) is 0 Å². The number of amides is 2. The van der Waals surface area contributed by atoms with E-state index < -0.39 is 0 Å². The number of carbonyl (C=O) groups excluding carboxylic acids is 1. The summed E-state index contributed by atoms with van der Waals surface area (Å²) in [4.78, 5) is 11.2. The summed E-state index contributed by atoms with van der Waals surface area (Å²) in [5.74, 6) is 0.709. The topological polar surface area (TPSA) is 41.1 Å². The molecule has 0 spiro atoms. The summed E-state index contributed by atoms with van der Waals surface area (Å²) in [6, 6.07) is 0.286. The molecule has 1 fully saturated rings. The lowest BCUT2D eigenvalue weighted by Gasteiger charge is -2.39. The quantitative estimate of drug-likeness (QED) is 0.666. The van der Waals surface area contributed by atoms with E-state index in [2.05, 4.69) is 31.4 Å². The molecule has 0 heterocycles. The Balaban J connectivity index is 2.50. The maximum atomic E-state index is 11.2. The second-order valence-corrected chi connectivity index (χ2v) is 5.33. The van der Waals surface area contributed by atoms with Gasteiger partial charge in [0.1, 0.15) is 0 Å². The van der Waals surface area contributed by atoms with Gasteiger partial charge in [-0.1, -0.05) is 20.8 Å². The van der Waals surface area contributed by atoms with Crippen molar-refractivity contribution >= 4 is 6.03 Å². The van der Waals surface area contributed by atoms with Crippen LogP contribution in [-0.2, 0) is 0 Å². The highest BCUT2D eigenvalue weighted by atomic mass is 16.2. The lowest BCUT2D eigenvalue weighted by atomic mass is 9.71. The molecule has 2 amide bonds. The first-order valence-electron chi connectivity index (χ1n) is 5.41. The fraction of sp³-hybridized carbons (Fsp3) is 0.909. The molecule has 2 atom stereocenters. The molecular weight excluding hydrogens is 176 g/mol. The Kier molecular flexibility index (Phi) is 3.40. The van der Waals surface area contributed by atoms with Crippen molar-refractivity contribution in [1.29, 1.82) is 0 Å². The Hall–Kier alpha value is -0.730. The Morgan fingerprint density at radius 3 is 2.50 bits per heavy atom. The van der Waals surface area contributed by atoms with Crippen molar-refractivity contribution < 1.29 is 4.79 Å². The number of carbonyl (C=O) groups is 1. The molecule has 1 aliphatic carbocycles. The minimum atomic E-state index is -0.0556. The van der Waals surface area contributed by atoms with Crippen molar-refractivity contribution in [2.45, 2.75) is 46.1 Å². The van der Waals surface area contributed by atoms with Crippen molar-refractivity contribution in [2.75, 3.05) is 7.05 Å². The molecule has 82 valence electrons. The highest BCUT2D eigenvalue weighted by Gasteiger charge is 2.32. The van der Waals surface area contributed by atoms with Crippen LogP contribution in [0.25, 0.3) is 0 Å². The lowest BCUT2D eigenvalue weighted by molar-refractivity contribution is 0.153. The zero-order valence-electron chi connectivity index (χ0n) is 9.68. The number of rotatable bonds is 1. The van der Waals surface area contributed by atoms with Crippen LogP contribution in [0.5, 0.6) is 0 Å². The van der Waals surface area contributed by atoms with Crippen molar-refractivity contribution in [1.82, 2.24) is 10.6 Å². The third-order valence-electron chi connectivity index (χ3n) is 2.95. The van der Waals surface area contributed by atoms with E-state index in [0.717, 1.165) is 12.8 Å². The maximum Gasteiger partial charge on any atom is 0.314 e. The van der Waals surface area contributed by atoms with Crippen LogP contribution in [0.15, 0.2) is 0 Å². The predicted octanol–water partition coefficient (Wildman–Crippen LogP) is 2.13. The number of nitrogens with one attached hydrogen (secondary N) is 2. The molecule has 2 N–H and O–H groups in total. The van der Waals surface area contributed by atoms with E-state index in [9.17, 15) is 4.79 Å². The fourth-order valence-corrected chi connectivity index (χ4v) is 2.71. The monoisotopic (exact) mass is 198 g/mol. The number of hydrogen-bond donors (Lipinski definition) is 2. The highest BCUT2D eigenvalue weighted by molar-refractivity contribution is 5.73. The van der Waals surface area contributed by atoms with Gasteiger partial charge in [0, 0.05) is 13.1 Å². The van der Waals surface area contributed by atoms with Gasteiger partial charge < -0.3 is 10.6 Å². The smallest absolute Gasteiger partial charge is 0.314 e. The van der Waals surface area contributed by atoms with Gasteiger partial charge in [-0.05, 0) is 30.6 Å². The van der Waals surface area contributed by atoms with Gasteiger partial charge in [-0.3, -0.25) is 0 Å². The first-order valence-corrected chi connectivity index (χ1v) is 5.41. The van der Waals surface area contributed by atoms with Gasteiger partial charge in [0.25, 0.3) is 0 Å². The van der Waals surface area contributed by atoms with Gasteiger partial charge in [-0.15, -0.1) is 0 Å². The van der Waals surface area contributed by atoms with Crippen LogP contribution in [0, 0.1) is 11.3 Å². The van der Waals surface area contributed by atoms with Crippen LogP contribution < -0.4 is 10.6 Å². The second-order valence-electron chi connectivity index (χ2n) is 5.33. The van der Waals surface area contributed by atoms with E-state index in [1.54, 1.807) is 7.05 Å². The molecule has 0 radical (unpaired) electrons. The van der Waals surface area contributed by atoms with Crippen LogP contribution in [0.4, 0.5) is 4.79 Å². The number of urea groups is 1. The third-order valence-corrected chi connectivity index (χ3v) is 2.95. The molecule has 0 aliphatic heterocycles. The van der Waals surface area contributed by atoms with E-state index in [-0.39, 0.29) is 6.03 Å². The largest absolute Gasteiger partial charge is 0.341 e. The molecule has 14 heavy (non-hydrogen) atoms. The molecule has 0 aromatic carbocycles. The third kappa shape index (κ3) is 3.20. The highest BCUT2D eigenvalue weighted by Crippen LogP contribution is 2.38. The van der Waals surface area contributed by atoms with Gasteiger partial charge in [0.15, 0.2) is 0 Å². The Labute approximate surface area is 86.6 Å². The standard InChI is InChI=1S/C11H22N2O/c1-8-5-9(13-10(14)12-4)7-11(2,3)6-8/h8-9H,5-7H2,1-4H3,(H2,12,13,14). The average molecular weight is 198 g/mol. The van der Waals surface area contributed by atoms with Crippen LogP contribution in [-0.4, -0.2) is 19.1 Å². The normalized spacial score (nSPS) is 30.9. The summed E-state index contributed by atoms with van der Waals surface area (Å²) in [6.45, 7) is 6.82. The molecule has 0 aromatic rings. The van der Waals surface area contributed by atoms with E-state index >= 15 is 0 Å². The van der Waals surface area contributed by atoms with Crippen molar-refractivity contribution in [3.8, 4) is 0 Å². The summed E-state index contributed by atoms with van der Waals surface area (Å²) >= 11 is 0. The molecule has 2 unspecified atom stereocenters. The molecule has 0 bridgehead atoms. The Morgan fingerprint density at radius 2 is 2.00 bits per heavy atom. The average Bonchev–Trinajstić information content (AvgIpc) is 1.99. The molecule has 1 saturated carbocycles. The van der Waals surface area contributed by atoms with E-state index in [0.29, 0.717) is 17.4 Å². The minimum absolute atomic E-state index is 0.0556. The number of hydrogen-bond acceptors (Lipinski definition) is 1. The van der Waals surface area contributed by atoms with Crippen molar-refractivity contribution in [2.24, 2.45) is 11.3 Å². The molecule has 3 heteroatoms. The maximum absolute atomic E-state index is 11.2. The molecule has 1 rings (SSSR count). The second kappa shape index (κ2) is 4.20. The van der Waals surface area contributed by atoms with Crippen LogP contribution in [0.1, 0.15) is 40.0 Å². The SMILES string of the molecule is CNC(=O)NC1CC(C)CC(C)(C)C1. The van der Waals surface area contributed by atoms with Gasteiger partial charge in [0.2, 0.25) is 0 Å². The van der Waals surface area contributed by atoms with E-state index in [1.165, 1.54) is 6.42 Å². The summed E-state index contributed by atoms with van der Waals surface area (Å²) in [7, 11) is 1.66. The first kappa shape index (κ1) is 11.3. The van der Waals surface area contributed by atoms with E-state index in [4.69, 9.17) is 0 Å². The van der Waals surface area contributed by atoms with Gasteiger partial charge in [0.05, 0.1) is 0 Å². The predicted molar refractivity (Wildman–Crippen MR) is 58.2 cm³/mol. The zero-order valence-corrected chi connectivity index (χ0v) is 9.68. The lowest BCUT2D eigenvalue weighted by Crippen LogP contribution is -2.46. The van der Waals surface area contributed by atoms with Gasteiger partial charge >= 0.3 is 6.03 Å². The zero-order chi connectivity index (χ0) is 10.8. The molecule has 0 saturated heterocycles. The molecular formula is C11H22N2O. The Morgan fingerprint density at radius 1 is 1.36 bits per heavy atom. The molecule has 0 aromatic heterocycles. The van der Waals surface area contributed by atoms with E-state index in [1.807, 2.05) is 0 Å². The van der Waals surface area contributed by atoms with Gasteiger partial charge in [-0.2, -0.15) is 0 Å². The van der Waals surface area contributed by atoms with Crippen molar-refractivity contribution in [3.05, 3.63) is 0 Å². The summed E-state index contributed by atoms with van der Waals surface area (Å²) in [5.41, 5.74) is 0.364. The molecule has 3 nitrogen and oxygen atoms in total. The van der Waals surface area contributed by atoms with Crippen LogP contribution >= 0.6 is 0 Å².